The molecule has 0 aliphatic rings. The molecule has 51 heavy (non-hydrogen) atoms. The van der Waals surface area contributed by atoms with Crippen LogP contribution in [-0.4, -0.2) is 9.13 Å². The normalized spacial score (nSPS) is 11.9. The first-order valence-corrected chi connectivity index (χ1v) is 17.4. The van der Waals surface area contributed by atoms with Gasteiger partial charge in [-0.1, -0.05) is 121 Å². The minimum absolute atomic E-state index is 0.898. The molecule has 3 aromatic heterocycles. The van der Waals surface area contributed by atoms with E-state index < -0.39 is 0 Å². The molecule has 238 valence electrons. The molecule has 11 aromatic rings. The van der Waals surface area contributed by atoms with Crippen LogP contribution >= 0.6 is 0 Å². The largest absolute Gasteiger partial charge is 0.455 e. The summed E-state index contributed by atoms with van der Waals surface area (Å²) in [6, 6.07) is 65.5. The molecule has 0 atom stereocenters. The number of para-hydroxylation sites is 4. The number of nitrogens with zero attached hydrogens (tertiary/aromatic N) is 2. The Morgan fingerprint density at radius 3 is 1.67 bits per heavy atom. The predicted octanol–water partition coefficient (Wildman–Crippen LogP) is 13.1. The summed E-state index contributed by atoms with van der Waals surface area (Å²) in [4.78, 5) is 0. The zero-order valence-electron chi connectivity index (χ0n) is 27.6. The molecular formula is C48H30N2O. The van der Waals surface area contributed by atoms with Crippen molar-refractivity contribution in [3.8, 4) is 33.6 Å². The van der Waals surface area contributed by atoms with Gasteiger partial charge in [-0.25, -0.2) is 0 Å². The SMILES string of the molecule is c1ccc(-c2cc(-n3c4ccccc4c4ccc(-c5ccc6c(c5)c5ccccc5n6-c5ccccc5)cc43)cc3c2oc2ccccc23)cc1. The number of fused-ring (bicyclic) bond motifs is 9. The summed E-state index contributed by atoms with van der Waals surface area (Å²) >= 11 is 0. The van der Waals surface area contributed by atoms with Crippen molar-refractivity contribution >= 4 is 65.6 Å². The van der Waals surface area contributed by atoms with Crippen LogP contribution in [0.2, 0.25) is 0 Å². The maximum Gasteiger partial charge on any atom is 0.143 e. The Morgan fingerprint density at radius 2 is 0.882 bits per heavy atom. The van der Waals surface area contributed by atoms with E-state index in [1.807, 2.05) is 6.07 Å². The van der Waals surface area contributed by atoms with E-state index in [1.165, 1.54) is 60.4 Å². The molecule has 0 aliphatic carbocycles. The molecule has 11 rings (SSSR count). The van der Waals surface area contributed by atoms with Gasteiger partial charge < -0.3 is 13.6 Å². The van der Waals surface area contributed by atoms with Crippen molar-refractivity contribution in [2.75, 3.05) is 0 Å². The number of benzene rings is 8. The average molecular weight is 651 g/mol. The first-order chi connectivity index (χ1) is 25.3. The third-order valence-electron chi connectivity index (χ3n) is 10.5. The van der Waals surface area contributed by atoms with Crippen LogP contribution in [0.5, 0.6) is 0 Å². The number of hydrogen-bond donors (Lipinski definition) is 0. The molecule has 0 amide bonds. The van der Waals surface area contributed by atoms with Gasteiger partial charge >= 0.3 is 0 Å². The molecule has 0 saturated carbocycles. The van der Waals surface area contributed by atoms with Crippen molar-refractivity contribution in [3.05, 3.63) is 182 Å². The van der Waals surface area contributed by atoms with E-state index in [-0.39, 0.29) is 0 Å². The summed E-state index contributed by atoms with van der Waals surface area (Å²) in [5.74, 6) is 0. The molecule has 0 N–H and O–H groups in total. The van der Waals surface area contributed by atoms with Gasteiger partial charge in [-0.3, -0.25) is 0 Å². The van der Waals surface area contributed by atoms with E-state index in [2.05, 4.69) is 185 Å². The molecule has 0 aliphatic heterocycles. The second-order valence-corrected chi connectivity index (χ2v) is 13.3. The van der Waals surface area contributed by atoms with Crippen LogP contribution in [-0.2, 0) is 0 Å². The van der Waals surface area contributed by atoms with Gasteiger partial charge in [0.2, 0.25) is 0 Å². The van der Waals surface area contributed by atoms with Gasteiger partial charge in [0.25, 0.3) is 0 Å². The van der Waals surface area contributed by atoms with Gasteiger partial charge in [-0.05, 0) is 77.4 Å². The summed E-state index contributed by atoms with van der Waals surface area (Å²) in [5.41, 5.74) is 13.4. The third kappa shape index (κ3) is 4.19. The van der Waals surface area contributed by atoms with Gasteiger partial charge in [-0.2, -0.15) is 0 Å². The van der Waals surface area contributed by atoms with Crippen LogP contribution in [0.3, 0.4) is 0 Å². The lowest BCUT2D eigenvalue weighted by Crippen LogP contribution is -1.95. The zero-order chi connectivity index (χ0) is 33.5. The highest BCUT2D eigenvalue weighted by Gasteiger charge is 2.19. The van der Waals surface area contributed by atoms with Gasteiger partial charge in [0.1, 0.15) is 11.2 Å². The van der Waals surface area contributed by atoms with Crippen LogP contribution in [0.15, 0.2) is 186 Å². The summed E-state index contributed by atoms with van der Waals surface area (Å²) in [6.07, 6.45) is 0. The molecule has 0 radical (unpaired) electrons. The third-order valence-corrected chi connectivity index (χ3v) is 10.5. The molecule has 8 aromatic carbocycles. The minimum atomic E-state index is 0.898. The Labute approximate surface area is 293 Å². The maximum atomic E-state index is 6.55. The lowest BCUT2D eigenvalue weighted by molar-refractivity contribution is 0.670. The monoisotopic (exact) mass is 650 g/mol. The van der Waals surface area contributed by atoms with E-state index in [0.717, 1.165) is 38.8 Å². The first-order valence-electron chi connectivity index (χ1n) is 17.4. The fraction of sp³-hybridized carbons (Fsp3) is 0. The Balaban J connectivity index is 1.17. The molecule has 3 nitrogen and oxygen atoms in total. The van der Waals surface area contributed by atoms with Crippen molar-refractivity contribution in [2.45, 2.75) is 0 Å². The van der Waals surface area contributed by atoms with E-state index >= 15 is 0 Å². The highest BCUT2D eigenvalue weighted by atomic mass is 16.3. The molecule has 0 spiro atoms. The maximum absolute atomic E-state index is 6.55. The second-order valence-electron chi connectivity index (χ2n) is 13.3. The molecule has 0 saturated heterocycles. The fourth-order valence-electron chi connectivity index (χ4n) is 8.21. The van der Waals surface area contributed by atoms with E-state index in [0.29, 0.717) is 0 Å². The Bertz CT molecular complexity index is 3130. The molecule has 3 heterocycles. The Kier molecular flexibility index (Phi) is 5.96. The Hall–Kier alpha value is -6.84. The van der Waals surface area contributed by atoms with Gasteiger partial charge in [0, 0.05) is 49.3 Å². The number of aromatic nitrogens is 2. The second kappa shape index (κ2) is 10.8. The molecule has 0 fully saturated rings. The lowest BCUT2D eigenvalue weighted by Gasteiger charge is -2.12. The first kappa shape index (κ1) is 28.0. The molecule has 3 heteroatoms. The number of rotatable bonds is 4. The average Bonchev–Trinajstić information content (AvgIpc) is 3.85. The van der Waals surface area contributed by atoms with Crippen molar-refractivity contribution in [1.82, 2.24) is 9.13 Å². The van der Waals surface area contributed by atoms with E-state index in [1.54, 1.807) is 0 Å². The Morgan fingerprint density at radius 1 is 0.314 bits per heavy atom. The van der Waals surface area contributed by atoms with Crippen molar-refractivity contribution in [3.63, 3.8) is 0 Å². The van der Waals surface area contributed by atoms with Gasteiger partial charge in [-0.15, -0.1) is 0 Å². The fourth-order valence-corrected chi connectivity index (χ4v) is 8.21. The zero-order valence-corrected chi connectivity index (χ0v) is 27.6. The van der Waals surface area contributed by atoms with E-state index in [4.69, 9.17) is 4.42 Å². The van der Waals surface area contributed by atoms with Gasteiger partial charge in [0.15, 0.2) is 0 Å². The molecular weight excluding hydrogens is 621 g/mol. The van der Waals surface area contributed by atoms with Crippen LogP contribution in [0.1, 0.15) is 0 Å². The minimum Gasteiger partial charge on any atom is -0.455 e. The summed E-state index contributed by atoms with van der Waals surface area (Å²) in [5, 5.41) is 7.20. The van der Waals surface area contributed by atoms with Crippen LogP contribution in [0.25, 0.3) is 99.2 Å². The summed E-state index contributed by atoms with van der Waals surface area (Å²) < 4.78 is 11.3. The topological polar surface area (TPSA) is 23.0 Å². The summed E-state index contributed by atoms with van der Waals surface area (Å²) in [6.45, 7) is 0. The molecule has 0 bridgehead atoms. The molecule has 0 unspecified atom stereocenters. The van der Waals surface area contributed by atoms with Crippen molar-refractivity contribution in [2.24, 2.45) is 0 Å². The highest BCUT2D eigenvalue weighted by Crippen LogP contribution is 2.42. The quantitative estimate of drug-likeness (QED) is 0.186. The van der Waals surface area contributed by atoms with Crippen LogP contribution < -0.4 is 0 Å². The highest BCUT2D eigenvalue weighted by molar-refractivity contribution is 6.14. The lowest BCUT2D eigenvalue weighted by atomic mass is 10.0. The van der Waals surface area contributed by atoms with Gasteiger partial charge in [0.05, 0.1) is 22.1 Å². The summed E-state index contributed by atoms with van der Waals surface area (Å²) in [7, 11) is 0. The van der Waals surface area contributed by atoms with Crippen molar-refractivity contribution < 1.29 is 4.42 Å². The van der Waals surface area contributed by atoms with E-state index in [9.17, 15) is 0 Å². The smallest absolute Gasteiger partial charge is 0.143 e. The predicted molar refractivity (Wildman–Crippen MR) is 213 cm³/mol. The van der Waals surface area contributed by atoms with Crippen LogP contribution in [0, 0.1) is 0 Å². The number of furan rings is 1. The van der Waals surface area contributed by atoms with Crippen molar-refractivity contribution in [1.29, 1.82) is 0 Å². The number of hydrogen-bond acceptors (Lipinski definition) is 1. The standard InChI is InChI=1S/C48H30N2O/c1-3-13-31(14-4-1)40-29-35(30-42-39-19-9-12-22-47(39)51-48(40)42)50-43-20-10-7-17-36(43)38-25-23-33(28-46(38)50)32-24-26-45-41(27-32)37-18-8-11-21-44(37)49(45)34-15-5-2-6-16-34/h1-30H. The van der Waals surface area contributed by atoms with Crippen LogP contribution in [0.4, 0.5) is 0 Å².